The van der Waals surface area contributed by atoms with Gasteiger partial charge in [-0.3, -0.25) is 4.79 Å². The summed E-state index contributed by atoms with van der Waals surface area (Å²) < 4.78 is 5.04. The van der Waals surface area contributed by atoms with Gasteiger partial charge in [0, 0.05) is 18.2 Å². The average molecular weight is 314 g/mol. The molecule has 2 unspecified atom stereocenters. The van der Waals surface area contributed by atoms with E-state index in [9.17, 15) is 19.8 Å². The molecule has 3 N–H and O–H groups in total. The molecule has 0 saturated carbocycles. The van der Waals surface area contributed by atoms with Gasteiger partial charge in [0.15, 0.2) is 5.12 Å². The number of hydrogen-bond donors (Lipinski definition) is 3. The number of carboxylic acids is 1. The number of para-hydroxylation sites is 1. The average Bonchev–Trinajstić information content (AvgIpc) is 2.44. The van der Waals surface area contributed by atoms with Crippen molar-refractivity contribution in [2.75, 3.05) is 12.9 Å². The van der Waals surface area contributed by atoms with Crippen molar-refractivity contribution in [1.29, 1.82) is 0 Å². The van der Waals surface area contributed by atoms with Crippen LogP contribution in [0.1, 0.15) is 35.4 Å². The van der Waals surface area contributed by atoms with Gasteiger partial charge in [-0.2, -0.15) is 0 Å². The van der Waals surface area contributed by atoms with Crippen LogP contribution in [0.5, 0.6) is 5.75 Å². The maximum atomic E-state index is 11.1. The number of ether oxygens (including phenoxy) is 1. The normalized spacial score (nSPS) is 13.5. The Morgan fingerprint density at radius 2 is 2.00 bits per heavy atom. The molecule has 0 saturated heterocycles. The van der Waals surface area contributed by atoms with E-state index in [0.29, 0.717) is 5.75 Å². The van der Waals surface area contributed by atoms with Gasteiger partial charge < -0.3 is 20.1 Å². The SMILES string of the molecule is COc1c(C(=O)O)cccc1C(O)C(O)CCSC(C)=O. The summed E-state index contributed by atoms with van der Waals surface area (Å²) in [7, 11) is 1.30. The molecule has 2 atom stereocenters. The van der Waals surface area contributed by atoms with E-state index in [1.807, 2.05) is 0 Å². The van der Waals surface area contributed by atoms with Crippen LogP contribution in [0.15, 0.2) is 18.2 Å². The van der Waals surface area contributed by atoms with Gasteiger partial charge in [0.1, 0.15) is 17.4 Å². The van der Waals surface area contributed by atoms with Crippen molar-refractivity contribution in [3.05, 3.63) is 29.3 Å². The van der Waals surface area contributed by atoms with E-state index in [0.717, 1.165) is 11.8 Å². The molecule has 0 heterocycles. The lowest BCUT2D eigenvalue weighted by atomic mass is 9.99. The van der Waals surface area contributed by atoms with Crippen molar-refractivity contribution >= 4 is 22.8 Å². The zero-order chi connectivity index (χ0) is 16.0. The minimum atomic E-state index is -1.29. The lowest BCUT2D eigenvalue weighted by molar-refractivity contribution is -0.109. The molecule has 0 aliphatic rings. The van der Waals surface area contributed by atoms with Crippen LogP contribution in [0.3, 0.4) is 0 Å². The molecule has 0 spiro atoms. The first-order valence-electron chi connectivity index (χ1n) is 6.28. The zero-order valence-corrected chi connectivity index (χ0v) is 12.6. The summed E-state index contributed by atoms with van der Waals surface area (Å²) in [6.07, 6.45) is -2.20. The molecular weight excluding hydrogens is 296 g/mol. The molecule has 0 aromatic heterocycles. The number of aliphatic hydroxyl groups is 2. The van der Waals surface area contributed by atoms with Gasteiger partial charge in [-0.05, 0) is 12.5 Å². The summed E-state index contributed by atoms with van der Waals surface area (Å²) in [5.74, 6) is -0.785. The van der Waals surface area contributed by atoms with Gasteiger partial charge in [-0.25, -0.2) is 4.79 Å². The Balaban J connectivity index is 2.90. The molecule has 21 heavy (non-hydrogen) atoms. The third kappa shape index (κ3) is 4.73. The summed E-state index contributed by atoms with van der Waals surface area (Å²) >= 11 is 1.05. The van der Waals surface area contributed by atoms with E-state index in [1.54, 1.807) is 0 Å². The van der Waals surface area contributed by atoms with Crippen LogP contribution in [-0.4, -0.2) is 45.4 Å². The van der Waals surface area contributed by atoms with Gasteiger partial charge in [0.05, 0.1) is 13.2 Å². The highest BCUT2D eigenvalue weighted by atomic mass is 32.2. The molecule has 1 rings (SSSR count). The van der Waals surface area contributed by atoms with Crippen LogP contribution in [0.25, 0.3) is 0 Å². The maximum absolute atomic E-state index is 11.1. The summed E-state index contributed by atoms with van der Waals surface area (Å²) in [4.78, 5) is 21.9. The van der Waals surface area contributed by atoms with Crippen molar-refractivity contribution in [3.63, 3.8) is 0 Å². The summed E-state index contributed by atoms with van der Waals surface area (Å²) in [5.41, 5.74) is 0.122. The van der Waals surface area contributed by atoms with Gasteiger partial charge in [-0.15, -0.1) is 0 Å². The number of carbonyl (C=O) groups excluding carboxylic acids is 1. The standard InChI is InChI=1S/C14H18O6S/c1-8(15)21-7-6-11(16)12(17)9-4-3-5-10(14(18)19)13(9)20-2/h3-5,11-12,16-17H,6-7H2,1-2H3,(H,18,19). The van der Waals surface area contributed by atoms with Gasteiger partial charge in [0.2, 0.25) is 0 Å². The smallest absolute Gasteiger partial charge is 0.339 e. The first-order valence-corrected chi connectivity index (χ1v) is 7.26. The quantitative estimate of drug-likeness (QED) is 0.700. The maximum Gasteiger partial charge on any atom is 0.339 e. The Bertz CT molecular complexity index is 516. The van der Waals surface area contributed by atoms with E-state index in [4.69, 9.17) is 9.84 Å². The summed E-state index contributed by atoms with van der Waals surface area (Å²) in [6, 6.07) is 4.33. The topological polar surface area (TPSA) is 104 Å². The van der Waals surface area contributed by atoms with Crippen molar-refractivity contribution in [2.24, 2.45) is 0 Å². The molecule has 0 radical (unpaired) electrons. The van der Waals surface area contributed by atoms with Crippen molar-refractivity contribution in [2.45, 2.75) is 25.6 Å². The van der Waals surface area contributed by atoms with Crippen LogP contribution >= 0.6 is 11.8 Å². The first-order chi connectivity index (χ1) is 9.88. The second-order valence-corrected chi connectivity index (χ2v) is 5.65. The number of methoxy groups -OCH3 is 1. The van der Waals surface area contributed by atoms with Crippen LogP contribution < -0.4 is 4.74 Å². The second-order valence-electron chi connectivity index (χ2n) is 4.37. The molecule has 7 heteroatoms. The Kier molecular flexibility index (Phi) is 6.67. The lowest BCUT2D eigenvalue weighted by Gasteiger charge is -2.21. The van der Waals surface area contributed by atoms with Crippen LogP contribution in [0.2, 0.25) is 0 Å². The second kappa shape index (κ2) is 8.02. The van der Waals surface area contributed by atoms with E-state index >= 15 is 0 Å². The summed E-state index contributed by atoms with van der Waals surface area (Å²) in [6.45, 7) is 1.42. The van der Waals surface area contributed by atoms with E-state index in [-0.39, 0.29) is 28.4 Å². The highest BCUT2D eigenvalue weighted by Crippen LogP contribution is 2.32. The monoisotopic (exact) mass is 314 g/mol. The Morgan fingerprint density at radius 1 is 1.33 bits per heavy atom. The van der Waals surface area contributed by atoms with Gasteiger partial charge >= 0.3 is 5.97 Å². The fourth-order valence-corrected chi connectivity index (χ4v) is 2.52. The first kappa shape index (κ1) is 17.5. The molecule has 1 aromatic rings. The van der Waals surface area contributed by atoms with Crippen LogP contribution in [0.4, 0.5) is 0 Å². The predicted molar refractivity (Wildman–Crippen MR) is 78.7 cm³/mol. The van der Waals surface area contributed by atoms with Crippen molar-refractivity contribution < 1.29 is 29.6 Å². The molecule has 0 aliphatic carbocycles. The van der Waals surface area contributed by atoms with E-state index < -0.39 is 18.2 Å². The summed E-state index contributed by atoms with van der Waals surface area (Å²) in [5, 5.41) is 29.1. The van der Waals surface area contributed by atoms with Crippen molar-refractivity contribution in [3.8, 4) is 5.75 Å². The number of rotatable bonds is 7. The molecule has 0 bridgehead atoms. The van der Waals surface area contributed by atoms with Gasteiger partial charge in [-0.1, -0.05) is 23.9 Å². The number of carbonyl (C=O) groups is 2. The molecular formula is C14H18O6S. The molecule has 116 valence electrons. The number of benzene rings is 1. The Morgan fingerprint density at radius 3 is 2.52 bits per heavy atom. The number of hydrogen-bond acceptors (Lipinski definition) is 6. The minimum Gasteiger partial charge on any atom is -0.495 e. The number of aliphatic hydroxyl groups excluding tert-OH is 2. The van der Waals surface area contributed by atoms with E-state index in [2.05, 4.69) is 0 Å². The van der Waals surface area contributed by atoms with Gasteiger partial charge in [0.25, 0.3) is 0 Å². The fourth-order valence-electron chi connectivity index (χ4n) is 1.87. The Labute approximate surface area is 126 Å². The fraction of sp³-hybridized carbons (Fsp3) is 0.429. The minimum absolute atomic E-state index is 0.0239. The third-order valence-electron chi connectivity index (χ3n) is 2.88. The van der Waals surface area contributed by atoms with E-state index in [1.165, 1.54) is 32.2 Å². The van der Waals surface area contributed by atoms with Crippen molar-refractivity contribution in [1.82, 2.24) is 0 Å². The Hall–Kier alpha value is -1.57. The van der Waals surface area contributed by atoms with Crippen LogP contribution in [-0.2, 0) is 4.79 Å². The molecule has 0 amide bonds. The number of thioether (sulfide) groups is 1. The molecule has 6 nitrogen and oxygen atoms in total. The highest BCUT2D eigenvalue weighted by Gasteiger charge is 2.25. The predicted octanol–water partition coefficient (Wildman–Crippen LogP) is 1.46. The highest BCUT2D eigenvalue weighted by molar-refractivity contribution is 8.13. The molecule has 1 aromatic carbocycles. The lowest BCUT2D eigenvalue weighted by Crippen LogP contribution is -2.20. The zero-order valence-electron chi connectivity index (χ0n) is 11.8. The van der Waals surface area contributed by atoms with Crippen LogP contribution in [0, 0.1) is 0 Å². The number of aromatic carboxylic acids is 1. The molecule has 0 aliphatic heterocycles. The largest absolute Gasteiger partial charge is 0.495 e. The third-order valence-corrected chi connectivity index (χ3v) is 3.73. The number of carboxylic acid groups (broad SMARTS) is 1. The molecule has 0 fully saturated rings.